The third-order valence-corrected chi connectivity index (χ3v) is 3.27. The fraction of sp³-hybridized carbons (Fsp3) is 0.125. The fourth-order valence-electron chi connectivity index (χ4n) is 1.80. The van der Waals surface area contributed by atoms with Crippen LogP contribution in [0.4, 0.5) is 0 Å². The molecule has 0 atom stereocenters. The molecule has 0 spiro atoms. The van der Waals surface area contributed by atoms with E-state index < -0.39 is 5.91 Å². The van der Waals surface area contributed by atoms with Crippen molar-refractivity contribution in [2.45, 2.75) is 6.92 Å². The van der Waals surface area contributed by atoms with Crippen LogP contribution in [0.5, 0.6) is 11.5 Å². The van der Waals surface area contributed by atoms with Crippen molar-refractivity contribution in [1.82, 2.24) is 5.43 Å². The summed E-state index contributed by atoms with van der Waals surface area (Å²) in [4.78, 5) is 12.0. The van der Waals surface area contributed by atoms with E-state index in [9.17, 15) is 9.90 Å². The third-order valence-electron chi connectivity index (χ3n) is 2.95. The number of aromatic hydroxyl groups is 1. The van der Waals surface area contributed by atoms with E-state index in [1.165, 1.54) is 19.4 Å². The summed E-state index contributed by atoms with van der Waals surface area (Å²) < 4.78 is 4.99. The number of phenols is 1. The number of ether oxygens (including phenoxy) is 1. The number of halogens is 1. The van der Waals surface area contributed by atoms with E-state index in [0.29, 0.717) is 21.9 Å². The van der Waals surface area contributed by atoms with Crippen molar-refractivity contribution in [3.63, 3.8) is 0 Å². The third kappa shape index (κ3) is 3.77. The smallest absolute Gasteiger partial charge is 0.272 e. The first-order valence-electron chi connectivity index (χ1n) is 6.48. The molecule has 5 nitrogen and oxygen atoms in total. The molecule has 114 valence electrons. The van der Waals surface area contributed by atoms with Crippen LogP contribution in [0.15, 0.2) is 41.5 Å². The highest BCUT2D eigenvalue weighted by atomic mass is 35.5. The number of amides is 1. The highest BCUT2D eigenvalue weighted by Crippen LogP contribution is 2.25. The Hall–Kier alpha value is -2.53. The maximum absolute atomic E-state index is 12.0. The summed E-state index contributed by atoms with van der Waals surface area (Å²) in [6.07, 6.45) is 1.45. The van der Waals surface area contributed by atoms with Crippen LogP contribution in [0.25, 0.3) is 0 Å². The summed E-state index contributed by atoms with van der Waals surface area (Å²) in [5, 5.41) is 13.7. The van der Waals surface area contributed by atoms with Crippen LogP contribution in [0.2, 0.25) is 5.02 Å². The summed E-state index contributed by atoms with van der Waals surface area (Å²) >= 11 is 6.02. The number of nitrogens with one attached hydrogen (secondary N) is 1. The average Bonchev–Trinajstić information content (AvgIpc) is 2.48. The van der Waals surface area contributed by atoms with Gasteiger partial charge in [0.1, 0.15) is 0 Å². The summed E-state index contributed by atoms with van der Waals surface area (Å²) in [6.45, 7) is 1.89. The van der Waals surface area contributed by atoms with E-state index in [2.05, 4.69) is 10.5 Å². The van der Waals surface area contributed by atoms with Gasteiger partial charge in [-0.3, -0.25) is 4.79 Å². The van der Waals surface area contributed by atoms with Crippen molar-refractivity contribution in [2.75, 3.05) is 7.11 Å². The van der Waals surface area contributed by atoms with E-state index in [-0.39, 0.29) is 5.75 Å². The van der Waals surface area contributed by atoms with Gasteiger partial charge in [-0.05, 0) is 48.4 Å². The first-order valence-corrected chi connectivity index (χ1v) is 6.85. The van der Waals surface area contributed by atoms with Gasteiger partial charge in [-0.1, -0.05) is 17.7 Å². The average molecular weight is 319 g/mol. The SMILES string of the molecule is COc1cc(C=NNC(=O)c2ccc(C)cc2Cl)ccc1O. The van der Waals surface area contributed by atoms with Crippen LogP contribution in [-0.4, -0.2) is 24.3 Å². The van der Waals surface area contributed by atoms with Gasteiger partial charge >= 0.3 is 0 Å². The molecule has 0 radical (unpaired) electrons. The number of rotatable bonds is 4. The molecular weight excluding hydrogens is 304 g/mol. The maximum Gasteiger partial charge on any atom is 0.272 e. The normalized spacial score (nSPS) is 10.7. The van der Waals surface area contributed by atoms with Crippen LogP contribution < -0.4 is 10.2 Å². The summed E-state index contributed by atoms with van der Waals surface area (Å²) in [5.74, 6) is -0.0287. The first-order chi connectivity index (χ1) is 10.5. The zero-order valence-corrected chi connectivity index (χ0v) is 12.9. The summed E-state index contributed by atoms with van der Waals surface area (Å²) in [5.41, 5.74) is 4.40. The molecule has 0 aliphatic rings. The van der Waals surface area contributed by atoms with Crippen LogP contribution in [0.1, 0.15) is 21.5 Å². The Labute approximate surface area is 133 Å². The minimum atomic E-state index is -0.396. The molecule has 0 saturated heterocycles. The number of hydrazone groups is 1. The van der Waals surface area contributed by atoms with Crippen LogP contribution in [-0.2, 0) is 0 Å². The van der Waals surface area contributed by atoms with Gasteiger partial charge in [-0.25, -0.2) is 5.43 Å². The van der Waals surface area contributed by atoms with Crippen LogP contribution in [0, 0.1) is 6.92 Å². The highest BCUT2D eigenvalue weighted by Gasteiger charge is 2.09. The van der Waals surface area contributed by atoms with Crippen molar-refractivity contribution in [1.29, 1.82) is 0 Å². The Morgan fingerprint density at radius 2 is 2.09 bits per heavy atom. The second-order valence-corrected chi connectivity index (χ2v) is 5.02. The lowest BCUT2D eigenvalue weighted by Crippen LogP contribution is -2.18. The number of benzene rings is 2. The molecule has 0 bridgehead atoms. The lowest BCUT2D eigenvalue weighted by Gasteiger charge is -2.04. The molecule has 0 saturated carbocycles. The Balaban J connectivity index is 2.07. The minimum absolute atomic E-state index is 0.0372. The number of methoxy groups -OCH3 is 1. The van der Waals surface area contributed by atoms with E-state index in [0.717, 1.165) is 5.56 Å². The predicted molar refractivity (Wildman–Crippen MR) is 85.9 cm³/mol. The summed E-state index contributed by atoms with van der Waals surface area (Å²) in [7, 11) is 1.46. The molecule has 22 heavy (non-hydrogen) atoms. The first kappa shape index (κ1) is 15.9. The van der Waals surface area contributed by atoms with Gasteiger partial charge in [-0.15, -0.1) is 0 Å². The second-order valence-electron chi connectivity index (χ2n) is 4.61. The van der Waals surface area contributed by atoms with Crippen molar-refractivity contribution in [3.8, 4) is 11.5 Å². The predicted octanol–water partition coefficient (Wildman–Crippen LogP) is 3.13. The van der Waals surface area contributed by atoms with Gasteiger partial charge in [0.15, 0.2) is 11.5 Å². The van der Waals surface area contributed by atoms with Crippen molar-refractivity contribution < 1.29 is 14.6 Å². The Morgan fingerprint density at radius 1 is 1.32 bits per heavy atom. The number of carbonyl (C=O) groups excluding carboxylic acids is 1. The Bertz CT molecular complexity index is 729. The van der Waals surface area contributed by atoms with E-state index in [4.69, 9.17) is 16.3 Å². The highest BCUT2D eigenvalue weighted by molar-refractivity contribution is 6.33. The lowest BCUT2D eigenvalue weighted by molar-refractivity contribution is 0.0955. The molecular formula is C16H15ClN2O3. The molecule has 0 aromatic heterocycles. The molecule has 2 aromatic carbocycles. The quantitative estimate of drug-likeness (QED) is 0.672. The maximum atomic E-state index is 12.0. The van der Waals surface area contributed by atoms with Crippen LogP contribution in [0.3, 0.4) is 0 Å². The Kier molecular flexibility index (Phi) is 5.01. The van der Waals surface area contributed by atoms with Gasteiger partial charge in [0, 0.05) is 0 Å². The molecule has 0 fully saturated rings. The number of aryl methyl sites for hydroxylation is 1. The zero-order valence-electron chi connectivity index (χ0n) is 12.1. The fourth-order valence-corrected chi connectivity index (χ4v) is 2.13. The van der Waals surface area contributed by atoms with Crippen molar-refractivity contribution in [3.05, 3.63) is 58.1 Å². The molecule has 0 heterocycles. The van der Waals surface area contributed by atoms with E-state index in [1.54, 1.807) is 30.3 Å². The Morgan fingerprint density at radius 3 is 2.77 bits per heavy atom. The largest absolute Gasteiger partial charge is 0.504 e. The lowest BCUT2D eigenvalue weighted by atomic mass is 10.1. The van der Waals surface area contributed by atoms with Gasteiger partial charge < -0.3 is 9.84 Å². The van der Waals surface area contributed by atoms with E-state index >= 15 is 0 Å². The topological polar surface area (TPSA) is 70.9 Å². The summed E-state index contributed by atoms with van der Waals surface area (Å²) in [6, 6.07) is 9.89. The molecule has 1 amide bonds. The van der Waals surface area contributed by atoms with Crippen molar-refractivity contribution >= 4 is 23.7 Å². The van der Waals surface area contributed by atoms with Gasteiger partial charge in [0.2, 0.25) is 0 Å². The van der Waals surface area contributed by atoms with Gasteiger partial charge in [0.25, 0.3) is 5.91 Å². The van der Waals surface area contributed by atoms with E-state index in [1.807, 2.05) is 6.92 Å². The second kappa shape index (κ2) is 6.95. The molecule has 0 aliphatic carbocycles. The van der Waals surface area contributed by atoms with Gasteiger partial charge in [-0.2, -0.15) is 5.10 Å². The molecule has 2 N–H and O–H groups in total. The molecule has 6 heteroatoms. The number of hydrogen-bond donors (Lipinski definition) is 2. The zero-order chi connectivity index (χ0) is 16.1. The monoisotopic (exact) mass is 318 g/mol. The number of hydrogen-bond acceptors (Lipinski definition) is 4. The molecule has 2 aromatic rings. The standard InChI is InChI=1S/C16H15ClN2O3/c1-10-3-5-12(13(17)7-10)16(21)19-18-9-11-4-6-14(20)15(8-11)22-2/h3-9,20H,1-2H3,(H,19,21). The number of carbonyl (C=O) groups is 1. The molecule has 2 rings (SSSR count). The minimum Gasteiger partial charge on any atom is -0.504 e. The van der Waals surface area contributed by atoms with Gasteiger partial charge in [0.05, 0.1) is 23.9 Å². The molecule has 0 unspecified atom stereocenters. The molecule has 0 aliphatic heterocycles. The number of nitrogens with zero attached hydrogens (tertiary/aromatic N) is 1. The van der Waals surface area contributed by atoms with Crippen molar-refractivity contribution in [2.24, 2.45) is 5.10 Å². The number of phenolic OH excluding ortho intramolecular Hbond substituents is 1. The van der Waals surface area contributed by atoms with Crippen LogP contribution >= 0.6 is 11.6 Å².